The van der Waals surface area contributed by atoms with Crippen LogP contribution in [0.3, 0.4) is 0 Å². The summed E-state index contributed by atoms with van der Waals surface area (Å²) in [6, 6.07) is 8.02. The van der Waals surface area contributed by atoms with Crippen molar-refractivity contribution < 1.29 is 9.90 Å². The van der Waals surface area contributed by atoms with Gasteiger partial charge < -0.3 is 20.3 Å². The Balaban J connectivity index is 1.84. The van der Waals surface area contributed by atoms with Crippen molar-refractivity contribution in [1.29, 1.82) is 0 Å². The minimum atomic E-state index is -0.0224. The van der Waals surface area contributed by atoms with Crippen LogP contribution < -0.4 is 5.32 Å². The Kier molecular flexibility index (Phi) is 4.22. The lowest BCUT2D eigenvalue weighted by molar-refractivity contribution is 0.0708. The molecule has 3 rings (SSSR count). The summed E-state index contributed by atoms with van der Waals surface area (Å²) in [5, 5.41) is 13.7. The largest absolute Gasteiger partial charge is 0.395 e. The highest BCUT2D eigenvalue weighted by molar-refractivity contribution is 6.05. The summed E-state index contributed by atoms with van der Waals surface area (Å²) in [6.07, 6.45) is 4.08. The molecule has 1 amide bonds. The second-order valence-electron chi connectivity index (χ2n) is 5.52. The standard InChI is InChI=1S/C16H21N3O2/c20-10-9-19(11-13-4-2-7-17-13)16(21)14-5-1-3-12-6-8-18-15(12)14/h1,3,5-6,8,13,17-18,20H,2,4,7,9-11H2. The van der Waals surface area contributed by atoms with E-state index in [1.54, 1.807) is 4.90 Å². The van der Waals surface area contributed by atoms with Crippen molar-refractivity contribution >= 4 is 16.8 Å². The minimum Gasteiger partial charge on any atom is -0.395 e. The Labute approximate surface area is 124 Å². The zero-order valence-electron chi connectivity index (χ0n) is 12.0. The van der Waals surface area contributed by atoms with Crippen molar-refractivity contribution in [1.82, 2.24) is 15.2 Å². The molecular formula is C16H21N3O2. The number of hydrogen-bond donors (Lipinski definition) is 3. The first-order chi connectivity index (χ1) is 10.3. The number of rotatable bonds is 5. The second-order valence-corrected chi connectivity index (χ2v) is 5.52. The smallest absolute Gasteiger partial charge is 0.256 e. The molecule has 1 aromatic heterocycles. The topological polar surface area (TPSA) is 68.4 Å². The highest BCUT2D eigenvalue weighted by Gasteiger charge is 2.23. The van der Waals surface area contributed by atoms with E-state index in [2.05, 4.69) is 10.3 Å². The molecule has 1 fully saturated rings. The number of aliphatic hydroxyl groups is 1. The first kappa shape index (κ1) is 14.1. The summed E-state index contributed by atoms with van der Waals surface area (Å²) < 4.78 is 0. The van der Waals surface area contributed by atoms with Crippen LogP contribution in [0.5, 0.6) is 0 Å². The van der Waals surface area contributed by atoms with E-state index in [4.69, 9.17) is 0 Å². The fourth-order valence-electron chi connectivity index (χ4n) is 3.01. The number of aromatic nitrogens is 1. The SMILES string of the molecule is O=C(c1cccc2cc[nH]c12)N(CCO)CC1CCCN1. The first-order valence-corrected chi connectivity index (χ1v) is 7.49. The molecule has 0 bridgehead atoms. The van der Waals surface area contributed by atoms with Gasteiger partial charge in [-0.1, -0.05) is 12.1 Å². The number of fused-ring (bicyclic) bond motifs is 1. The molecule has 21 heavy (non-hydrogen) atoms. The average Bonchev–Trinajstić information content (AvgIpc) is 3.16. The highest BCUT2D eigenvalue weighted by atomic mass is 16.3. The van der Waals surface area contributed by atoms with Crippen molar-refractivity contribution in [2.24, 2.45) is 0 Å². The summed E-state index contributed by atoms with van der Waals surface area (Å²) in [4.78, 5) is 17.7. The molecule has 1 atom stereocenters. The predicted molar refractivity (Wildman–Crippen MR) is 82.3 cm³/mol. The summed E-state index contributed by atoms with van der Waals surface area (Å²) in [6.45, 7) is 2.02. The lowest BCUT2D eigenvalue weighted by Gasteiger charge is -2.25. The summed E-state index contributed by atoms with van der Waals surface area (Å²) in [5.41, 5.74) is 1.54. The molecule has 1 aliphatic heterocycles. The van der Waals surface area contributed by atoms with Gasteiger partial charge in [-0.25, -0.2) is 0 Å². The average molecular weight is 287 g/mol. The number of nitrogens with zero attached hydrogens (tertiary/aromatic N) is 1. The van der Waals surface area contributed by atoms with Crippen LogP contribution in [-0.4, -0.2) is 53.2 Å². The Hall–Kier alpha value is -1.85. The molecule has 5 nitrogen and oxygen atoms in total. The van der Waals surface area contributed by atoms with Gasteiger partial charge in [0.1, 0.15) is 0 Å². The maximum absolute atomic E-state index is 12.8. The molecule has 0 spiro atoms. The molecule has 2 heterocycles. The van der Waals surface area contributed by atoms with E-state index in [1.165, 1.54) is 0 Å². The third-order valence-electron chi connectivity index (χ3n) is 4.08. The number of aliphatic hydroxyl groups excluding tert-OH is 1. The molecule has 112 valence electrons. The molecule has 0 aliphatic carbocycles. The molecule has 1 saturated heterocycles. The first-order valence-electron chi connectivity index (χ1n) is 7.49. The quantitative estimate of drug-likeness (QED) is 0.777. The van der Waals surface area contributed by atoms with Gasteiger partial charge in [0.05, 0.1) is 17.7 Å². The molecule has 5 heteroatoms. The lowest BCUT2D eigenvalue weighted by atomic mass is 10.1. The van der Waals surface area contributed by atoms with Gasteiger partial charge in [0.15, 0.2) is 0 Å². The number of amides is 1. The zero-order chi connectivity index (χ0) is 14.7. The number of hydrogen-bond acceptors (Lipinski definition) is 3. The number of H-pyrrole nitrogens is 1. The fraction of sp³-hybridized carbons (Fsp3) is 0.438. The molecule has 1 aromatic carbocycles. The van der Waals surface area contributed by atoms with Gasteiger partial charge in [0, 0.05) is 30.7 Å². The molecule has 2 aromatic rings. The van der Waals surface area contributed by atoms with Gasteiger partial charge >= 0.3 is 0 Å². The van der Waals surface area contributed by atoms with Crippen molar-refractivity contribution in [2.75, 3.05) is 26.2 Å². The van der Waals surface area contributed by atoms with Crippen molar-refractivity contribution in [2.45, 2.75) is 18.9 Å². The van der Waals surface area contributed by atoms with Crippen LogP contribution in [0, 0.1) is 0 Å². The van der Waals surface area contributed by atoms with E-state index < -0.39 is 0 Å². The van der Waals surface area contributed by atoms with Gasteiger partial charge in [0.25, 0.3) is 5.91 Å². The third-order valence-corrected chi connectivity index (χ3v) is 4.08. The van der Waals surface area contributed by atoms with Crippen molar-refractivity contribution in [3.63, 3.8) is 0 Å². The minimum absolute atomic E-state index is 0.0147. The maximum atomic E-state index is 12.8. The lowest BCUT2D eigenvalue weighted by Crippen LogP contribution is -2.42. The van der Waals surface area contributed by atoms with Gasteiger partial charge in [-0.15, -0.1) is 0 Å². The van der Waals surface area contributed by atoms with Crippen LogP contribution in [0.2, 0.25) is 0 Å². The van der Waals surface area contributed by atoms with Crippen molar-refractivity contribution in [3.05, 3.63) is 36.0 Å². The zero-order valence-corrected chi connectivity index (χ0v) is 12.0. The summed E-state index contributed by atoms with van der Waals surface area (Å²) >= 11 is 0. The highest BCUT2D eigenvalue weighted by Crippen LogP contribution is 2.19. The number of benzene rings is 1. The Bertz CT molecular complexity index is 617. The van der Waals surface area contributed by atoms with Crippen LogP contribution in [0.25, 0.3) is 10.9 Å². The Morgan fingerprint density at radius 3 is 3.05 bits per heavy atom. The van der Waals surface area contributed by atoms with E-state index in [0.29, 0.717) is 24.7 Å². The van der Waals surface area contributed by atoms with E-state index in [1.807, 2.05) is 30.5 Å². The molecule has 1 aliphatic rings. The van der Waals surface area contributed by atoms with Gasteiger partial charge in [-0.3, -0.25) is 4.79 Å². The number of carbonyl (C=O) groups is 1. The normalized spacial score (nSPS) is 18.2. The van der Waals surface area contributed by atoms with Crippen LogP contribution in [-0.2, 0) is 0 Å². The van der Waals surface area contributed by atoms with Crippen molar-refractivity contribution in [3.8, 4) is 0 Å². The van der Waals surface area contributed by atoms with Gasteiger partial charge in [-0.2, -0.15) is 0 Å². The van der Waals surface area contributed by atoms with E-state index in [-0.39, 0.29) is 12.5 Å². The summed E-state index contributed by atoms with van der Waals surface area (Å²) in [5.74, 6) is -0.0224. The predicted octanol–water partition coefficient (Wildman–Crippen LogP) is 1.35. The summed E-state index contributed by atoms with van der Waals surface area (Å²) in [7, 11) is 0. The number of nitrogens with one attached hydrogen (secondary N) is 2. The Morgan fingerprint density at radius 2 is 2.29 bits per heavy atom. The Morgan fingerprint density at radius 1 is 1.38 bits per heavy atom. The fourth-order valence-corrected chi connectivity index (χ4v) is 3.01. The number of para-hydroxylation sites is 1. The van der Waals surface area contributed by atoms with Crippen LogP contribution in [0.4, 0.5) is 0 Å². The molecular weight excluding hydrogens is 266 g/mol. The molecule has 0 radical (unpaired) electrons. The number of aromatic amines is 1. The monoisotopic (exact) mass is 287 g/mol. The molecule has 3 N–H and O–H groups in total. The number of carbonyl (C=O) groups excluding carboxylic acids is 1. The second kappa shape index (κ2) is 6.28. The van der Waals surface area contributed by atoms with Gasteiger partial charge in [0.2, 0.25) is 0 Å². The van der Waals surface area contributed by atoms with Crippen LogP contribution in [0.15, 0.2) is 30.5 Å². The molecule has 0 saturated carbocycles. The third kappa shape index (κ3) is 2.94. The maximum Gasteiger partial charge on any atom is 0.256 e. The van der Waals surface area contributed by atoms with E-state index in [9.17, 15) is 9.90 Å². The van der Waals surface area contributed by atoms with E-state index in [0.717, 1.165) is 30.3 Å². The molecule has 1 unspecified atom stereocenters. The van der Waals surface area contributed by atoms with Gasteiger partial charge in [-0.05, 0) is 31.5 Å². The van der Waals surface area contributed by atoms with Crippen LogP contribution in [0.1, 0.15) is 23.2 Å². The van der Waals surface area contributed by atoms with Crippen LogP contribution >= 0.6 is 0 Å². The van der Waals surface area contributed by atoms with E-state index >= 15 is 0 Å².